The number of unbranched alkanes of at least 4 members (excludes halogenated alkanes) is 1. The van der Waals surface area contributed by atoms with Crippen molar-refractivity contribution in [2.45, 2.75) is 77.2 Å². The third-order valence-corrected chi connectivity index (χ3v) is 6.09. The first-order valence-electron chi connectivity index (χ1n) is 11.5. The number of Topliss-reactive ketones (excluding diaryl/α,β-unsaturated/α-hetero) is 1. The Balaban J connectivity index is 1.47. The van der Waals surface area contributed by atoms with Crippen molar-refractivity contribution < 1.29 is 23.8 Å². The van der Waals surface area contributed by atoms with Crippen molar-refractivity contribution in [2.75, 3.05) is 32.8 Å². The molecule has 0 atom stereocenters. The summed E-state index contributed by atoms with van der Waals surface area (Å²) in [6.07, 6.45) is 4.85. The monoisotopic (exact) mass is 431 g/mol. The fourth-order valence-electron chi connectivity index (χ4n) is 4.37. The number of esters is 1. The Morgan fingerprint density at radius 2 is 1.87 bits per heavy atom. The Kier molecular flexibility index (Phi) is 7.63. The van der Waals surface area contributed by atoms with Crippen LogP contribution in [0.4, 0.5) is 0 Å². The maximum absolute atomic E-state index is 12.0. The molecule has 0 amide bonds. The van der Waals surface area contributed by atoms with Crippen LogP contribution in [0.2, 0.25) is 0 Å². The predicted octanol–water partition coefficient (Wildman–Crippen LogP) is 4.28. The predicted molar refractivity (Wildman–Crippen MR) is 120 cm³/mol. The van der Waals surface area contributed by atoms with Gasteiger partial charge >= 0.3 is 5.97 Å². The van der Waals surface area contributed by atoms with E-state index in [1.54, 1.807) is 6.92 Å². The van der Waals surface area contributed by atoms with Gasteiger partial charge in [-0.1, -0.05) is 6.07 Å². The minimum atomic E-state index is -0.426. The Bertz CT molecular complexity index is 775. The van der Waals surface area contributed by atoms with Gasteiger partial charge < -0.3 is 23.9 Å². The van der Waals surface area contributed by atoms with Crippen molar-refractivity contribution in [3.63, 3.8) is 0 Å². The first-order chi connectivity index (χ1) is 14.7. The van der Waals surface area contributed by atoms with Crippen LogP contribution in [0, 0.1) is 0 Å². The molecule has 1 aromatic rings. The molecule has 0 radical (unpaired) electrons. The van der Waals surface area contributed by atoms with Crippen molar-refractivity contribution >= 4 is 11.8 Å². The lowest BCUT2D eigenvalue weighted by Gasteiger charge is -2.38. The summed E-state index contributed by atoms with van der Waals surface area (Å²) in [6.45, 7) is 11.3. The SMILES string of the molecule is CC(=O)CCCCOc1ccc2c(c1)OCC21CCN(CCC(=O)OC(C)(C)C)CC1. The Morgan fingerprint density at radius 3 is 2.55 bits per heavy atom. The van der Waals surface area contributed by atoms with Gasteiger partial charge in [0.15, 0.2) is 0 Å². The highest BCUT2D eigenvalue weighted by molar-refractivity contribution is 5.75. The normalized spacial score (nSPS) is 17.8. The highest BCUT2D eigenvalue weighted by atomic mass is 16.6. The molecular formula is C25H37NO5. The Labute approximate surface area is 186 Å². The lowest BCUT2D eigenvalue weighted by Crippen LogP contribution is -2.44. The van der Waals surface area contributed by atoms with Gasteiger partial charge in [-0.15, -0.1) is 0 Å². The lowest BCUT2D eigenvalue weighted by atomic mass is 9.74. The maximum Gasteiger partial charge on any atom is 0.307 e. The van der Waals surface area contributed by atoms with E-state index in [-0.39, 0.29) is 17.2 Å². The average Bonchev–Trinajstić information content (AvgIpc) is 3.03. The van der Waals surface area contributed by atoms with Crippen molar-refractivity contribution in [3.05, 3.63) is 23.8 Å². The number of benzene rings is 1. The van der Waals surface area contributed by atoms with Crippen LogP contribution in [0.25, 0.3) is 0 Å². The van der Waals surface area contributed by atoms with E-state index in [0.717, 1.165) is 56.8 Å². The number of ketones is 1. The Morgan fingerprint density at radius 1 is 1.13 bits per heavy atom. The van der Waals surface area contributed by atoms with Crippen molar-refractivity contribution in [1.29, 1.82) is 0 Å². The first-order valence-corrected chi connectivity index (χ1v) is 11.5. The quantitative estimate of drug-likeness (QED) is 0.429. The second-order valence-electron chi connectivity index (χ2n) is 9.91. The highest BCUT2D eigenvalue weighted by Crippen LogP contribution is 2.46. The smallest absolute Gasteiger partial charge is 0.307 e. The van der Waals surface area contributed by atoms with E-state index < -0.39 is 5.60 Å². The second kappa shape index (κ2) is 10.0. The van der Waals surface area contributed by atoms with Crippen molar-refractivity contribution in [3.8, 4) is 11.5 Å². The van der Waals surface area contributed by atoms with Gasteiger partial charge in [0, 0.05) is 30.0 Å². The van der Waals surface area contributed by atoms with Gasteiger partial charge in [-0.25, -0.2) is 0 Å². The molecule has 3 rings (SSSR count). The molecule has 1 aromatic carbocycles. The highest BCUT2D eigenvalue weighted by Gasteiger charge is 2.43. The third kappa shape index (κ3) is 6.70. The van der Waals surface area contributed by atoms with Crippen LogP contribution >= 0.6 is 0 Å². The number of rotatable bonds is 9. The van der Waals surface area contributed by atoms with Gasteiger partial charge in [0.05, 0.1) is 19.6 Å². The zero-order chi connectivity index (χ0) is 22.5. The van der Waals surface area contributed by atoms with E-state index >= 15 is 0 Å². The van der Waals surface area contributed by atoms with E-state index in [1.807, 2.05) is 32.9 Å². The topological polar surface area (TPSA) is 65.1 Å². The molecular weight excluding hydrogens is 394 g/mol. The summed E-state index contributed by atoms with van der Waals surface area (Å²) in [7, 11) is 0. The summed E-state index contributed by atoms with van der Waals surface area (Å²) >= 11 is 0. The van der Waals surface area contributed by atoms with Crippen molar-refractivity contribution in [1.82, 2.24) is 4.90 Å². The molecule has 0 unspecified atom stereocenters. The van der Waals surface area contributed by atoms with E-state index in [4.69, 9.17) is 14.2 Å². The molecule has 1 fully saturated rings. The third-order valence-electron chi connectivity index (χ3n) is 6.09. The molecule has 0 saturated carbocycles. The zero-order valence-corrected chi connectivity index (χ0v) is 19.5. The van der Waals surface area contributed by atoms with E-state index in [1.165, 1.54) is 5.56 Å². The molecule has 2 heterocycles. The molecule has 6 nitrogen and oxygen atoms in total. The molecule has 172 valence electrons. The molecule has 0 aromatic heterocycles. The lowest BCUT2D eigenvalue weighted by molar-refractivity contribution is -0.155. The molecule has 1 spiro atoms. The van der Waals surface area contributed by atoms with Gasteiger partial charge in [-0.05, 0) is 72.5 Å². The van der Waals surface area contributed by atoms with Gasteiger partial charge in [-0.3, -0.25) is 4.79 Å². The van der Waals surface area contributed by atoms with Crippen LogP contribution in [-0.2, 0) is 19.7 Å². The van der Waals surface area contributed by atoms with Crippen LogP contribution in [0.3, 0.4) is 0 Å². The van der Waals surface area contributed by atoms with Crippen LogP contribution in [0.5, 0.6) is 11.5 Å². The number of carbonyl (C=O) groups is 2. The number of carbonyl (C=O) groups excluding carboxylic acids is 2. The number of hydrogen-bond donors (Lipinski definition) is 0. The Hall–Kier alpha value is -2.08. The molecule has 2 aliphatic rings. The van der Waals surface area contributed by atoms with Gasteiger partial charge in [0.25, 0.3) is 0 Å². The summed E-state index contributed by atoms with van der Waals surface area (Å²) < 4.78 is 17.3. The zero-order valence-electron chi connectivity index (χ0n) is 19.5. The summed E-state index contributed by atoms with van der Waals surface area (Å²) in [5.41, 5.74) is 0.922. The largest absolute Gasteiger partial charge is 0.493 e. The second-order valence-corrected chi connectivity index (χ2v) is 9.91. The number of nitrogens with zero attached hydrogens (tertiary/aromatic N) is 1. The first kappa shape index (κ1) is 23.6. The molecule has 6 heteroatoms. The minimum Gasteiger partial charge on any atom is -0.493 e. The fraction of sp³-hybridized carbons (Fsp3) is 0.680. The minimum absolute atomic E-state index is 0.0672. The fourth-order valence-corrected chi connectivity index (χ4v) is 4.37. The number of piperidine rings is 1. The van der Waals surface area contributed by atoms with E-state index in [9.17, 15) is 9.59 Å². The molecule has 0 N–H and O–H groups in total. The average molecular weight is 432 g/mol. The number of hydrogen-bond acceptors (Lipinski definition) is 6. The van der Waals surface area contributed by atoms with Crippen LogP contribution < -0.4 is 9.47 Å². The molecule has 31 heavy (non-hydrogen) atoms. The maximum atomic E-state index is 12.0. The number of likely N-dealkylation sites (tertiary alicyclic amines) is 1. The van der Waals surface area contributed by atoms with Gasteiger partial charge in [-0.2, -0.15) is 0 Å². The molecule has 0 bridgehead atoms. The number of ether oxygens (including phenoxy) is 3. The van der Waals surface area contributed by atoms with Gasteiger partial charge in [0.2, 0.25) is 0 Å². The van der Waals surface area contributed by atoms with Crippen LogP contribution in [0.15, 0.2) is 18.2 Å². The molecule has 0 aliphatic carbocycles. The van der Waals surface area contributed by atoms with E-state index in [0.29, 0.717) is 26.1 Å². The summed E-state index contributed by atoms with van der Waals surface area (Å²) in [6, 6.07) is 6.20. The standard InChI is InChI=1S/C25H37NO5/c1-19(27)7-5-6-16-29-20-8-9-21-22(17-20)30-18-25(21)11-14-26(15-12-25)13-10-23(28)31-24(2,3)4/h8-9,17H,5-7,10-16,18H2,1-4H3. The van der Waals surface area contributed by atoms with Gasteiger partial charge in [0.1, 0.15) is 22.9 Å². The molecule has 2 aliphatic heterocycles. The van der Waals surface area contributed by atoms with Crippen LogP contribution in [0.1, 0.15) is 71.8 Å². The summed E-state index contributed by atoms with van der Waals surface area (Å²) in [5.74, 6) is 1.86. The van der Waals surface area contributed by atoms with Crippen molar-refractivity contribution in [2.24, 2.45) is 0 Å². The van der Waals surface area contributed by atoms with E-state index in [2.05, 4.69) is 11.0 Å². The summed E-state index contributed by atoms with van der Waals surface area (Å²) in [5, 5.41) is 0. The van der Waals surface area contributed by atoms with Crippen LogP contribution in [-0.4, -0.2) is 55.1 Å². The summed E-state index contributed by atoms with van der Waals surface area (Å²) in [4.78, 5) is 25.4. The molecule has 1 saturated heterocycles. The number of fused-ring (bicyclic) bond motifs is 2.